The van der Waals surface area contributed by atoms with Crippen molar-refractivity contribution in [2.24, 2.45) is 4.99 Å². The van der Waals surface area contributed by atoms with Crippen LogP contribution < -0.4 is 9.47 Å². The topological polar surface area (TPSA) is 57.1 Å². The molecule has 0 unspecified atom stereocenters. The van der Waals surface area contributed by atoms with Gasteiger partial charge in [0, 0.05) is 5.56 Å². The van der Waals surface area contributed by atoms with Crippen LogP contribution in [0.5, 0.6) is 11.5 Å². The van der Waals surface area contributed by atoms with E-state index in [1.807, 2.05) is 57.2 Å². The number of cyclic esters (lactones) is 1. The van der Waals surface area contributed by atoms with Crippen molar-refractivity contribution in [1.29, 1.82) is 0 Å². The number of aliphatic imine (C=N–C) groups is 1. The largest absolute Gasteiger partial charge is 0.493 e. The number of ether oxygens (including phenoxy) is 3. The van der Waals surface area contributed by atoms with Crippen LogP contribution in [0.3, 0.4) is 0 Å². The van der Waals surface area contributed by atoms with Gasteiger partial charge in [0.2, 0.25) is 5.90 Å². The maximum absolute atomic E-state index is 12.1. The van der Waals surface area contributed by atoms with Gasteiger partial charge >= 0.3 is 5.97 Å². The van der Waals surface area contributed by atoms with Crippen molar-refractivity contribution in [2.75, 3.05) is 7.11 Å². The van der Waals surface area contributed by atoms with E-state index in [4.69, 9.17) is 14.2 Å². The van der Waals surface area contributed by atoms with Crippen LogP contribution in [0, 0.1) is 6.92 Å². The molecule has 0 spiro atoms. The molecule has 5 nitrogen and oxygen atoms in total. The molecule has 0 saturated carbocycles. The number of hydrogen-bond acceptors (Lipinski definition) is 5. The van der Waals surface area contributed by atoms with Crippen LogP contribution in [-0.4, -0.2) is 25.1 Å². The second-order valence-corrected chi connectivity index (χ2v) is 6.28. The number of hydrogen-bond donors (Lipinski definition) is 0. The molecule has 5 heteroatoms. The minimum absolute atomic E-state index is 0.0413. The summed E-state index contributed by atoms with van der Waals surface area (Å²) in [6, 6.07) is 13.1. The van der Waals surface area contributed by atoms with E-state index in [2.05, 4.69) is 4.99 Å². The Labute approximate surface area is 152 Å². The highest BCUT2D eigenvalue weighted by Gasteiger charge is 2.24. The number of nitrogens with zero attached hydrogens (tertiary/aromatic N) is 1. The number of carbonyl (C=O) groups is 1. The maximum atomic E-state index is 12.1. The Morgan fingerprint density at radius 1 is 1.08 bits per heavy atom. The molecule has 1 aliphatic rings. The molecule has 0 bridgehead atoms. The molecule has 0 aliphatic carbocycles. The fourth-order valence-corrected chi connectivity index (χ4v) is 2.51. The first-order valence-electron chi connectivity index (χ1n) is 8.40. The summed E-state index contributed by atoms with van der Waals surface area (Å²) in [5, 5.41) is 0. The predicted molar refractivity (Wildman–Crippen MR) is 101 cm³/mol. The van der Waals surface area contributed by atoms with Crippen molar-refractivity contribution < 1.29 is 19.0 Å². The highest BCUT2D eigenvalue weighted by Crippen LogP contribution is 2.30. The molecule has 3 rings (SSSR count). The molecule has 0 amide bonds. The summed E-state index contributed by atoms with van der Waals surface area (Å²) in [6.45, 7) is 5.90. The molecular formula is C21H21NO4. The number of aryl methyl sites for hydroxylation is 1. The minimum Gasteiger partial charge on any atom is -0.493 e. The summed E-state index contributed by atoms with van der Waals surface area (Å²) < 4.78 is 16.4. The van der Waals surface area contributed by atoms with Crippen LogP contribution in [0.4, 0.5) is 0 Å². The average Bonchev–Trinajstić information content (AvgIpc) is 2.97. The molecule has 1 aliphatic heterocycles. The SMILES string of the molecule is COc1cc(/C=C2\N=C(c3ccc(C)cc3)OC2=O)ccc1OC(C)C. The molecular weight excluding hydrogens is 330 g/mol. The van der Waals surface area contributed by atoms with E-state index in [9.17, 15) is 4.79 Å². The Hall–Kier alpha value is -3.08. The van der Waals surface area contributed by atoms with E-state index in [-0.39, 0.29) is 11.8 Å². The molecule has 0 N–H and O–H groups in total. The Morgan fingerprint density at radius 3 is 2.46 bits per heavy atom. The van der Waals surface area contributed by atoms with Crippen molar-refractivity contribution in [3.63, 3.8) is 0 Å². The summed E-state index contributed by atoms with van der Waals surface area (Å²) in [5.41, 5.74) is 2.93. The first-order valence-corrected chi connectivity index (χ1v) is 8.40. The van der Waals surface area contributed by atoms with Gasteiger partial charge in [-0.3, -0.25) is 0 Å². The lowest BCUT2D eigenvalue weighted by atomic mass is 10.1. The average molecular weight is 351 g/mol. The van der Waals surface area contributed by atoms with Crippen LogP contribution in [0.15, 0.2) is 53.2 Å². The van der Waals surface area contributed by atoms with E-state index in [0.29, 0.717) is 17.4 Å². The number of carbonyl (C=O) groups excluding carboxylic acids is 1. The number of benzene rings is 2. The third-order valence-electron chi connectivity index (χ3n) is 3.77. The maximum Gasteiger partial charge on any atom is 0.363 e. The molecule has 0 radical (unpaired) electrons. The van der Waals surface area contributed by atoms with Gasteiger partial charge in [0.15, 0.2) is 17.2 Å². The van der Waals surface area contributed by atoms with Crippen molar-refractivity contribution >= 4 is 17.9 Å². The van der Waals surface area contributed by atoms with E-state index in [1.54, 1.807) is 19.3 Å². The van der Waals surface area contributed by atoms with Crippen LogP contribution in [0.2, 0.25) is 0 Å². The van der Waals surface area contributed by atoms with Crippen LogP contribution in [-0.2, 0) is 9.53 Å². The molecule has 1 heterocycles. The molecule has 0 saturated heterocycles. The van der Waals surface area contributed by atoms with Gasteiger partial charge in [-0.25, -0.2) is 9.79 Å². The van der Waals surface area contributed by atoms with Crippen LogP contribution in [0.25, 0.3) is 6.08 Å². The highest BCUT2D eigenvalue weighted by molar-refractivity contribution is 6.12. The minimum atomic E-state index is -0.470. The van der Waals surface area contributed by atoms with E-state index >= 15 is 0 Å². The second kappa shape index (κ2) is 7.44. The second-order valence-electron chi connectivity index (χ2n) is 6.28. The van der Waals surface area contributed by atoms with E-state index in [1.165, 1.54) is 0 Å². The van der Waals surface area contributed by atoms with E-state index in [0.717, 1.165) is 16.7 Å². The van der Waals surface area contributed by atoms with Crippen LogP contribution >= 0.6 is 0 Å². The van der Waals surface area contributed by atoms with Gasteiger partial charge in [0.05, 0.1) is 13.2 Å². The van der Waals surface area contributed by atoms with Gasteiger partial charge in [0.25, 0.3) is 0 Å². The zero-order valence-corrected chi connectivity index (χ0v) is 15.3. The van der Waals surface area contributed by atoms with Gasteiger partial charge < -0.3 is 14.2 Å². The summed E-state index contributed by atoms with van der Waals surface area (Å²) in [4.78, 5) is 16.5. The molecule has 2 aromatic carbocycles. The zero-order chi connectivity index (χ0) is 18.7. The lowest BCUT2D eigenvalue weighted by Crippen LogP contribution is -2.06. The molecule has 0 atom stereocenters. The quantitative estimate of drug-likeness (QED) is 0.600. The third-order valence-corrected chi connectivity index (χ3v) is 3.77. The number of methoxy groups -OCH3 is 1. The summed E-state index contributed by atoms with van der Waals surface area (Å²) in [5.74, 6) is 1.10. The van der Waals surface area contributed by atoms with Gasteiger partial charge in [-0.1, -0.05) is 23.8 Å². The molecule has 0 fully saturated rings. The predicted octanol–water partition coefficient (Wildman–Crippen LogP) is 4.14. The zero-order valence-electron chi connectivity index (χ0n) is 15.3. The van der Waals surface area contributed by atoms with Crippen molar-refractivity contribution in [3.8, 4) is 11.5 Å². The van der Waals surface area contributed by atoms with Crippen molar-refractivity contribution in [2.45, 2.75) is 26.9 Å². The standard InChI is InChI=1S/C21H21NO4/c1-13(2)25-18-10-7-15(12-19(18)24-4)11-17-21(23)26-20(22-17)16-8-5-14(3)6-9-16/h5-13H,1-4H3/b17-11-. The Balaban J connectivity index is 1.89. The van der Waals surface area contributed by atoms with Gasteiger partial charge in [-0.05, 0) is 56.7 Å². The van der Waals surface area contributed by atoms with Gasteiger partial charge in [0.1, 0.15) is 0 Å². The monoisotopic (exact) mass is 351 g/mol. The first-order chi connectivity index (χ1) is 12.5. The number of rotatable bonds is 5. The van der Waals surface area contributed by atoms with Crippen molar-refractivity contribution in [1.82, 2.24) is 0 Å². The Morgan fingerprint density at radius 2 is 1.81 bits per heavy atom. The fraction of sp³-hybridized carbons (Fsp3) is 0.238. The Kier molecular flexibility index (Phi) is 5.07. The summed E-state index contributed by atoms with van der Waals surface area (Å²) in [7, 11) is 1.58. The third kappa shape index (κ3) is 3.94. The van der Waals surface area contributed by atoms with Crippen molar-refractivity contribution in [3.05, 3.63) is 64.9 Å². The first kappa shape index (κ1) is 17.7. The molecule has 2 aromatic rings. The molecule has 134 valence electrons. The number of esters is 1. The van der Waals surface area contributed by atoms with Gasteiger partial charge in [-0.15, -0.1) is 0 Å². The summed E-state index contributed by atoms with van der Waals surface area (Å²) >= 11 is 0. The van der Waals surface area contributed by atoms with Gasteiger partial charge in [-0.2, -0.15) is 0 Å². The normalized spacial score (nSPS) is 15.2. The van der Waals surface area contributed by atoms with E-state index < -0.39 is 5.97 Å². The molecule has 26 heavy (non-hydrogen) atoms. The lowest BCUT2D eigenvalue weighted by molar-refractivity contribution is -0.129. The van der Waals surface area contributed by atoms with Crippen LogP contribution in [0.1, 0.15) is 30.5 Å². The Bertz CT molecular complexity index is 879. The summed E-state index contributed by atoms with van der Waals surface area (Å²) in [6.07, 6.45) is 1.71. The lowest BCUT2D eigenvalue weighted by Gasteiger charge is -2.13. The smallest absolute Gasteiger partial charge is 0.363 e. The highest BCUT2D eigenvalue weighted by atomic mass is 16.6. The molecule has 0 aromatic heterocycles. The fourth-order valence-electron chi connectivity index (χ4n) is 2.51.